The van der Waals surface area contributed by atoms with Gasteiger partial charge in [-0.05, 0) is 41.8 Å². The molecule has 0 bridgehead atoms. The molecule has 1 aliphatic heterocycles. The summed E-state index contributed by atoms with van der Waals surface area (Å²) < 4.78 is 22.3. The van der Waals surface area contributed by atoms with Crippen molar-refractivity contribution in [2.45, 2.75) is 19.4 Å². The number of amides is 1. The molecule has 3 rings (SSSR count). The van der Waals surface area contributed by atoms with Crippen molar-refractivity contribution in [2.24, 2.45) is 0 Å². The first-order valence-electron chi connectivity index (χ1n) is 8.86. The van der Waals surface area contributed by atoms with Gasteiger partial charge in [-0.3, -0.25) is 4.79 Å². The minimum atomic E-state index is -0.212. The lowest BCUT2D eigenvalue weighted by atomic mass is 9.92. The fraction of sp³-hybridized carbons (Fsp3) is 0.381. The smallest absolute Gasteiger partial charge is 0.220 e. The van der Waals surface area contributed by atoms with E-state index < -0.39 is 0 Å². The number of rotatable bonds is 6. The van der Waals surface area contributed by atoms with E-state index in [1.807, 2.05) is 41.3 Å². The van der Waals surface area contributed by atoms with Crippen LogP contribution in [0, 0.1) is 0 Å². The highest BCUT2D eigenvalue weighted by molar-refractivity contribution is 5.74. The molecule has 27 heavy (non-hydrogen) atoms. The number of hydrogen-bond acceptors (Lipinski definition) is 5. The number of para-hydroxylation sites is 2. The quantitative estimate of drug-likeness (QED) is 0.780. The van der Waals surface area contributed by atoms with Gasteiger partial charge < -0.3 is 23.8 Å². The molecule has 1 aliphatic rings. The molecule has 1 unspecified atom stereocenters. The Bertz CT molecular complexity index is 820. The van der Waals surface area contributed by atoms with E-state index in [0.717, 1.165) is 17.5 Å². The Kier molecular flexibility index (Phi) is 5.74. The first kappa shape index (κ1) is 18.9. The van der Waals surface area contributed by atoms with Crippen molar-refractivity contribution in [1.82, 2.24) is 4.90 Å². The molecular formula is C21H25NO5. The van der Waals surface area contributed by atoms with Crippen molar-refractivity contribution in [3.8, 4) is 23.0 Å². The van der Waals surface area contributed by atoms with Crippen LogP contribution in [0.3, 0.4) is 0 Å². The summed E-state index contributed by atoms with van der Waals surface area (Å²) in [4.78, 5) is 14.1. The van der Waals surface area contributed by atoms with Crippen LogP contribution in [0.15, 0.2) is 36.4 Å². The summed E-state index contributed by atoms with van der Waals surface area (Å²) in [5.41, 5.74) is 2.16. The van der Waals surface area contributed by atoms with Crippen molar-refractivity contribution < 1.29 is 23.7 Å². The number of carbonyl (C=O) groups is 1. The van der Waals surface area contributed by atoms with Gasteiger partial charge in [-0.15, -0.1) is 0 Å². The molecule has 1 heterocycles. The molecule has 0 fully saturated rings. The van der Waals surface area contributed by atoms with Gasteiger partial charge in [0, 0.05) is 13.5 Å². The minimum Gasteiger partial charge on any atom is -0.493 e. The van der Waals surface area contributed by atoms with Crippen LogP contribution in [0.5, 0.6) is 23.0 Å². The molecule has 6 heteroatoms. The molecule has 0 spiro atoms. The van der Waals surface area contributed by atoms with Crippen LogP contribution in [0.2, 0.25) is 0 Å². The molecule has 6 nitrogen and oxygen atoms in total. The summed E-state index contributed by atoms with van der Waals surface area (Å²) in [5.74, 6) is 2.66. The topological polar surface area (TPSA) is 57.2 Å². The predicted molar refractivity (Wildman–Crippen MR) is 102 cm³/mol. The van der Waals surface area contributed by atoms with Gasteiger partial charge in [0.25, 0.3) is 0 Å². The van der Waals surface area contributed by atoms with Gasteiger partial charge in [-0.2, -0.15) is 0 Å². The second-order valence-electron chi connectivity index (χ2n) is 6.35. The Balaban J connectivity index is 1.94. The molecule has 0 N–H and O–H groups in total. The van der Waals surface area contributed by atoms with Crippen molar-refractivity contribution in [3.05, 3.63) is 47.5 Å². The van der Waals surface area contributed by atoms with Crippen LogP contribution in [0.1, 0.15) is 24.1 Å². The first-order chi connectivity index (χ1) is 13.1. The van der Waals surface area contributed by atoms with E-state index in [1.54, 1.807) is 28.3 Å². The third-order valence-electron chi connectivity index (χ3n) is 4.87. The molecule has 0 aromatic heterocycles. The van der Waals surface area contributed by atoms with Crippen LogP contribution >= 0.6 is 0 Å². The number of hydrogen-bond donors (Lipinski definition) is 0. The summed E-state index contributed by atoms with van der Waals surface area (Å²) in [6, 6.07) is 11.2. The van der Waals surface area contributed by atoms with E-state index in [1.165, 1.54) is 0 Å². The number of carbonyl (C=O) groups excluding carboxylic acids is 1. The van der Waals surface area contributed by atoms with E-state index in [0.29, 0.717) is 36.1 Å². The lowest BCUT2D eigenvalue weighted by molar-refractivity contribution is -0.132. The predicted octanol–water partition coefficient (Wildman–Crippen LogP) is 3.24. The highest BCUT2D eigenvalue weighted by Crippen LogP contribution is 2.39. The summed E-state index contributed by atoms with van der Waals surface area (Å²) in [5, 5.41) is 0. The molecule has 0 radical (unpaired) electrons. The Labute approximate surface area is 159 Å². The summed E-state index contributed by atoms with van der Waals surface area (Å²) >= 11 is 0. The Morgan fingerprint density at radius 3 is 2.26 bits per heavy atom. The highest BCUT2D eigenvalue weighted by atomic mass is 16.5. The number of ether oxygens (including phenoxy) is 4. The van der Waals surface area contributed by atoms with Crippen molar-refractivity contribution in [3.63, 3.8) is 0 Å². The third kappa shape index (κ3) is 3.79. The lowest BCUT2D eigenvalue weighted by Gasteiger charge is -2.37. The van der Waals surface area contributed by atoms with Crippen LogP contribution in [-0.2, 0) is 11.2 Å². The summed E-state index contributed by atoms with van der Waals surface area (Å²) in [6.45, 7) is 2.54. The second kappa shape index (κ2) is 8.20. The molecular weight excluding hydrogens is 346 g/mol. The minimum absolute atomic E-state index is 0.0176. The normalized spacial score (nSPS) is 15.7. The van der Waals surface area contributed by atoms with Gasteiger partial charge in [-0.1, -0.05) is 12.1 Å². The number of methoxy groups -OCH3 is 3. The largest absolute Gasteiger partial charge is 0.493 e. The zero-order valence-electron chi connectivity index (χ0n) is 16.2. The first-order valence-corrected chi connectivity index (χ1v) is 8.86. The molecule has 2 aromatic rings. The molecule has 0 saturated heterocycles. The third-order valence-corrected chi connectivity index (χ3v) is 4.87. The van der Waals surface area contributed by atoms with E-state index >= 15 is 0 Å². The van der Waals surface area contributed by atoms with E-state index in [2.05, 4.69) is 0 Å². The fourth-order valence-electron chi connectivity index (χ4n) is 3.49. The highest BCUT2D eigenvalue weighted by Gasteiger charge is 2.31. The second-order valence-corrected chi connectivity index (χ2v) is 6.35. The van der Waals surface area contributed by atoms with Crippen molar-refractivity contribution >= 4 is 5.91 Å². The number of benzene rings is 2. The van der Waals surface area contributed by atoms with Gasteiger partial charge >= 0.3 is 0 Å². The zero-order chi connectivity index (χ0) is 19.4. The average Bonchev–Trinajstić information content (AvgIpc) is 2.70. The van der Waals surface area contributed by atoms with Gasteiger partial charge in [-0.25, -0.2) is 0 Å². The van der Waals surface area contributed by atoms with Gasteiger partial charge in [0.15, 0.2) is 23.0 Å². The maximum absolute atomic E-state index is 12.2. The van der Waals surface area contributed by atoms with E-state index in [9.17, 15) is 4.79 Å². The molecule has 144 valence electrons. The summed E-state index contributed by atoms with van der Waals surface area (Å²) in [7, 11) is 4.84. The average molecular weight is 371 g/mol. The van der Waals surface area contributed by atoms with E-state index in [-0.39, 0.29) is 11.9 Å². The van der Waals surface area contributed by atoms with Crippen LogP contribution in [0.4, 0.5) is 0 Å². The zero-order valence-corrected chi connectivity index (χ0v) is 16.2. The van der Waals surface area contributed by atoms with Crippen LogP contribution < -0.4 is 18.9 Å². The van der Waals surface area contributed by atoms with Crippen LogP contribution in [-0.4, -0.2) is 45.3 Å². The Morgan fingerprint density at radius 1 is 1.00 bits per heavy atom. The van der Waals surface area contributed by atoms with Gasteiger partial charge in [0.2, 0.25) is 5.91 Å². The van der Waals surface area contributed by atoms with Crippen molar-refractivity contribution in [2.75, 3.05) is 34.5 Å². The Morgan fingerprint density at radius 2 is 1.63 bits per heavy atom. The molecule has 0 saturated carbocycles. The molecule has 1 atom stereocenters. The number of fused-ring (bicyclic) bond motifs is 1. The lowest BCUT2D eigenvalue weighted by Crippen LogP contribution is -2.41. The Hall–Kier alpha value is -2.89. The summed E-state index contributed by atoms with van der Waals surface area (Å²) in [6.07, 6.45) is 0.764. The van der Waals surface area contributed by atoms with Gasteiger partial charge in [0.05, 0.1) is 27.4 Å². The molecule has 0 aliphatic carbocycles. The standard InChI is InChI=1S/C21H25NO5/c1-14(23)22-10-9-15-11-20(25-3)21(26-4)12-16(15)17(22)13-27-19-8-6-5-7-18(19)24-2/h5-8,11-12,17H,9-10,13H2,1-4H3. The molecule has 2 aromatic carbocycles. The molecule has 1 amide bonds. The van der Waals surface area contributed by atoms with E-state index in [4.69, 9.17) is 18.9 Å². The van der Waals surface area contributed by atoms with Gasteiger partial charge in [0.1, 0.15) is 6.61 Å². The SMILES string of the molecule is COc1cc2c(cc1OC)C(COc1ccccc1OC)N(C(C)=O)CC2. The maximum Gasteiger partial charge on any atom is 0.220 e. The fourth-order valence-corrected chi connectivity index (χ4v) is 3.49. The maximum atomic E-state index is 12.2. The number of nitrogens with zero attached hydrogens (tertiary/aromatic N) is 1. The monoisotopic (exact) mass is 371 g/mol. The van der Waals surface area contributed by atoms with Crippen LogP contribution in [0.25, 0.3) is 0 Å². The van der Waals surface area contributed by atoms with Crippen molar-refractivity contribution in [1.29, 1.82) is 0 Å².